The van der Waals surface area contributed by atoms with Crippen molar-refractivity contribution in [1.82, 2.24) is 9.21 Å². The van der Waals surface area contributed by atoms with Gasteiger partial charge in [0.1, 0.15) is 0 Å². The van der Waals surface area contributed by atoms with Crippen molar-refractivity contribution >= 4 is 37.5 Å². The van der Waals surface area contributed by atoms with Crippen LogP contribution < -0.4 is 4.90 Å². The largest absolute Gasteiger partial charge is 0.362 e. The second-order valence-corrected chi connectivity index (χ2v) is 9.45. The maximum atomic E-state index is 12.8. The summed E-state index contributed by atoms with van der Waals surface area (Å²) in [6, 6.07) is 16.5. The van der Waals surface area contributed by atoms with E-state index in [1.54, 1.807) is 29.2 Å². The zero-order valence-corrected chi connectivity index (χ0v) is 18.2. The fourth-order valence-corrected chi connectivity index (χ4v) is 5.26. The van der Waals surface area contributed by atoms with Crippen molar-refractivity contribution in [3.05, 3.63) is 59.1 Å². The minimum atomic E-state index is -3.55. The number of rotatable bonds is 6. The monoisotopic (exact) mass is 465 g/mol. The van der Waals surface area contributed by atoms with E-state index in [1.807, 2.05) is 42.2 Å². The van der Waals surface area contributed by atoms with Gasteiger partial charge in [0.05, 0.1) is 11.4 Å². The summed E-state index contributed by atoms with van der Waals surface area (Å²) in [6.07, 6.45) is 0. The summed E-state index contributed by atoms with van der Waals surface area (Å²) in [5, 5.41) is 0. The highest BCUT2D eigenvalue weighted by molar-refractivity contribution is 9.10. The van der Waals surface area contributed by atoms with Gasteiger partial charge in [0.25, 0.3) is 0 Å². The van der Waals surface area contributed by atoms with Gasteiger partial charge in [0.15, 0.2) is 0 Å². The number of piperazine rings is 1. The molecule has 2 aromatic carbocycles. The predicted octanol–water partition coefficient (Wildman–Crippen LogP) is 2.81. The van der Waals surface area contributed by atoms with E-state index >= 15 is 0 Å². The van der Waals surface area contributed by atoms with Crippen LogP contribution in [0.3, 0.4) is 0 Å². The average molecular weight is 466 g/mol. The molecule has 8 heteroatoms. The number of anilines is 1. The molecule has 0 spiro atoms. The number of sulfonamides is 1. The first kappa shape index (κ1) is 20.8. The van der Waals surface area contributed by atoms with Crippen LogP contribution in [-0.4, -0.2) is 62.8 Å². The van der Waals surface area contributed by atoms with Crippen molar-refractivity contribution in [3.8, 4) is 0 Å². The Morgan fingerprint density at radius 2 is 1.71 bits per heavy atom. The molecule has 0 N–H and O–H groups in total. The lowest BCUT2D eigenvalue weighted by atomic mass is 10.2. The molecule has 1 aliphatic rings. The first-order valence-corrected chi connectivity index (χ1v) is 11.5. The fourth-order valence-electron chi connectivity index (χ4n) is 3.24. The number of nitrogens with zero attached hydrogens (tertiary/aromatic N) is 3. The van der Waals surface area contributed by atoms with Crippen LogP contribution >= 0.6 is 15.9 Å². The Morgan fingerprint density at radius 3 is 2.32 bits per heavy atom. The van der Waals surface area contributed by atoms with E-state index in [0.717, 1.165) is 16.7 Å². The lowest BCUT2D eigenvalue weighted by Crippen LogP contribution is -2.52. The molecule has 28 heavy (non-hydrogen) atoms. The van der Waals surface area contributed by atoms with E-state index in [2.05, 4.69) is 15.9 Å². The van der Waals surface area contributed by atoms with E-state index in [1.165, 1.54) is 4.31 Å². The zero-order chi connectivity index (χ0) is 20.1. The Hall–Kier alpha value is -1.90. The van der Waals surface area contributed by atoms with Gasteiger partial charge in [-0.05, 0) is 37.3 Å². The third-order valence-electron chi connectivity index (χ3n) is 4.85. The lowest BCUT2D eigenvalue weighted by molar-refractivity contribution is -0.130. The van der Waals surface area contributed by atoms with E-state index in [0.29, 0.717) is 32.7 Å². The van der Waals surface area contributed by atoms with Gasteiger partial charge in [-0.2, -0.15) is 4.31 Å². The number of halogens is 1. The van der Waals surface area contributed by atoms with Gasteiger partial charge in [0.2, 0.25) is 15.9 Å². The summed E-state index contributed by atoms with van der Waals surface area (Å²) < 4.78 is 27.8. The fraction of sp³-hybridized carbons (Fsp3) is 0.350. The van der Waals surface area contributed by atoms with E-state index in [9.17, 15) is 13.2 Å². The standard InChI is InChI=1S/C20H24BrN3O3S/c1-2-22(18-8-4-3-5-9-18)16-20(25)23-11-13-24(14-12-23)28(26,27)19-10-6-7-17(21)15-19/h3-10,15H,2,11-14,16H2,1H3. The van der Waals surface area contributed by atoms with Crippen molar-refractivity contribution in [2.75, 3.05) is 44.2 Å². The van der Waals surface area contributed by atoms with Crippen LogP contribution in [0.4, 0.5) is 5.69 Å². The van der Waals surface area contributed by atoms with Crippen LogP contribution in [0.5, 0.6) is 0 Å². The zero-order valence-electron chi connectivity index (χ0n) is 15.8. The Morgan fingerprint density at radius 1 is 1.04 bits per heavy atom. The number of carbonyl (C=O) groups excluding carboxylic acids is 1. The molecule has 0 radical (unpaired) electrons. The van der Waals surface area contributed by atoms with Crippen molar-refractivity contribution in [1.29, 1.82) is 0 Å². The molecule has 0 aromatic heterocycles. The smallest absolute Gasteiger partial charge is 0.243 e. The Labute approximate surface area is 174 Å². The molecular formula is C20H24BrN3O3S. The SMILES string of the molecule is CCN(CC(=O)N1CCN(S(=O)(=O)c2cccc(Br)c2)CC1)c1ccccc1. The van der Waals surface area contributed by atoms with Gasteiger partial charge in [-0.15, -0.1) is 0 Å². The third kappa shape index (κ3) is 4.74. The van der Waals surface area contributed by atoms with Crippen molar-refractivity contribution in [2.45, 2.75) is 11.8 Å². The third-order valence-corrected chi connectivity index (χ3v) is 7.24. The van der Waals surface area contributed by atoms with Crippen molar-refractivity contribution < 1.29 is 13.2 Å². The molecule has 1 aliphatic heterocycles. The Bertz CT molecular complexity index is 913. The summed E-state index contributed by atoms with van der Waals surface area (Å²) in [6.45, 7) is 4.45. The molecule has 0 saturated carbocycles. The van der Waals surface area contributed by atoms with Crippen molar-refractivity contribution in [3.63, 3.8) is 0 Å². The highest BCUT2D eigenvalue weighted by Crippen LogP contribution is 2.21. The molecule has 1 saturated heterocycles. The van der Waals surface area contributed by atoms with Gasteiger partial charge < -0.3 is 9.80 Å². The second kappa shape index (κ2) is 9.07. The van der Waals surface area contributed by atoms with Gasteiger partial charge in [-0.3, -0.25) is 4.79 Å². The minimum Gasteiger partial charge on any atom is -0.362 e. The first-order chi connectivity index (χ1) is 13.4. The van der Waals surface area contributed by atoms with Gasteiger partial charge >= 0.3 is 0 Å². The summed E-state index contributed by atoms with van der Waals surface area (Å²) >= 11 is 3.32. The Kier molecular flexibility index (Phi) is 6.74. The first-order valence-electron chi connectivity index (χ1n) is 9.25. The predicted molar refractivity (Wildman–Crippen MR) is 114 cm³/mol. The maximum Gasteiger partial charge on any atom is 0.243 e. The molecule has 1 amide bonds. The molecule has 3 rings (SSSR count). The summed E-state index contributed by atoms with van der Waals surface area (Å²) in [4.78, 5) is 16.8. The number of amides is 1. The van der Waals surface area contributed by atoms with E-state index < -0.39 is 10.0 Å². The molecule has 0 aliphatic carbocycles. The second-order valence-electron chi connectivity index (χ2n) is 6.59. The molecule has 0 bridgehead atoms. The van der Waals surface area contributed by atoms with E-state index in [-0.39, 0.29) is 10.8 Å². The normalized spacial score (nSPS) is 15.4. The quantitative estimate of drug-likeness (QED) is 0.657. The number of hydrogen-bond donors (Lipinski definition) is 0. The maximum absolute atomic E-state index is 12.8. The molecule has 1 heterocycles. The molecule has 2 aromatic rings. The van der Waals surface area contributed by atoms with Crippen LogP contribution in [0.2, 0.25) is 0 Å². The number of benzene rings is 2. The molecule has 0 unspecified atom stereocenters. The number of likely N-dealkylation sites (N-methyl/N-ethyl adjacent to an activating group) is 1. The lowest BCUT2D eigenvalue weighted by Gasteiger charge is -2.35. The molecule has 0 atom stereocenters. The van der Waals surface area contributed by atoms with Gasteiger partial charge in [-0.25, -0.2) is 8.42 Å². The van der Waals surface area contributed by atoms with Crippen molar-refractivity contribution in [2.24, 2.45) is 0 Å². The van der Waals surface area contributed by atoms with Gasteiger partial charge in [0, 0.05) is 42.9 Å². The summed E-state index contributed by atoms with van der Waals surface area (Å²) in [7, 11) is -3.55. The Balaban J connectivity index is 1.61. The van der Waals surface area contributed by atoms with Crippen LogP contribution in [0.25, 0.3) is 0 Å². The minimum absolute atomic E-state index is 0.0187. The molecule has 150 valence electrons. The number of carbonyl (C=O) groups is 1. The van der Waals surface area contributed by atoms with Crippen LogP contribution in [-0.2, 0) is 14.8 Å². The van der Waals surface area contributed by atoms with Crippen LogP contribution in [0.15, 0.2) is 64.0 Å². The number of para-hydroxylation sites is 1. The average Bonchev–Trinajstić information content (AvgIpc) is 2.72. The molecule has 6 nitrogen and oxygen atoms in total. The molecular weight excluding hydrogens is 442 g/mol. The highest BCUT2D eigenvalue weighted by Gasteiger charge is 2.30. The van der Waals surface area contributed by atoms with E-state index in [4.69, 9.17) is 0 Å². The topological polar surface area (TPSA) is 60.9 Å². The highest BCUT2D eigenvalue weighted by atomic mass is 79.9. The molecule has 1 fully saturated rings. The number of hydrogen-bond acceptors (Lipinski definition) is 4. The van der Waals surface area contributed by atoms with Gasteiger partial charge in [-0.1, -0.05) is 40.2 Å². The summed E-state index contributed by atoms with van der Waals surface area (Å²) in [5.41, 5.74) is 1.01. The van der Waals surface area contributed by atoms with Crippen LogP contribution in [0.1, 0.15) is 6.92 Å². The summed E-state index contributed by atoms with van der Waals surface area (Å²) in [5.74, 6) is 0.0187. The van der Waals surface area contributed by atoms with Crippen LogP contribution in [0, 0.1) is 0 Å².